The molecule has 4 aliphatic rings. The van der Waals surface area contributed by atoms with Gasteiger partial charge in [-0.3, -0.25) is 0 Å². The number of hydrogen-bond donors (Lipinski definition) is 1. The van der Waals surface area contributed by atoms with Crippen LogP contribution in [0.15, 0.2) is 30.3 Å². The van der Waals surface area contributed by atoms with E-state index in [-0.39, 0.29) is 16.6 Å². The van der Waals surface area contributed by atoms with Crippen LogP contribution in [0.1, 0.15) is 98.5 Å². The fourth-order valence-corrected chi connectivity index (χ4v) is 11.4. The van der Waals surface area contributed by atoms with Crippen LogP contribution in [0.4, 0.5) is 0 Å². The standard InChI is InChI=1S/C35H58O3Si/c1-24(22-37-23-25-12-10-9-11-13-25)32-31(36)21-30-28-15-14-26-20-27(38-39(7,8)33(2,3)4)16-18-34(26,5)29(28)17-19-35(30,32)6/h9-13,24,26-32,36H,14-23H2,1-8H3/t24-,26?,27+,28-,29+,30+,31-,32+,34+,35+/m1/s1. The van der Waals surface area contributed by atoms with Crippen molar-refractivity contribution < 1.29 is 14.3 Å². The van der Waals surface area contributed by atoms with Crippen LogP contribution in [0.25, 0.3) is 0 Å². The summed E-state index contributed by atoms with van der Waals surface area (Å²) < 4.78 is 13.2. The average Bonchev–Trinajstić information content (AvgIpc) is 3.14. The molecule has 39 heavy (non-hydrogen) atoms. The maximum atomic E-state index is 11.5. The van der Waals surface area contributed by atoms with E-state index >= 15 is 0 Å². The Labute approximate surface area is 241 Å². The van der Waals surface area contributed by atoms with E-state index in [2.05, 4.69) is 85.0 Å². The van der Waals surface area contributed by atoms with Gasteiger partial charge in [-0.05, 0) is 121 Å². The summed E-state index contributed by atoms with van der Waals surface area (Å²) in [5.41, 5.74) is 1.92. The first kappa shape index (κ1) is 29.8. The normalized spacial score (nSPS) is 41.4. The van der Waals surface area contributed by atoms with Gasteiger partial charge in [-0.25, -0.2) is 0 Å². The lowest BCUT2D eigenvalue weighted by Crippen LogP contribution is -2.55. The Hall–Kier alpha value is -0.683. The van der Waals surface area contributed by atoms with Crippen molar-refractivity contribution in [3.8, 4) is 0 Å². The fraction of sp³-hybridized carbons (Fsp3) is 0.829. The molecule has 0 amide bonds. The summed E-state index contributed by atoms with van der Waals surface area (Å²) in [7, 11) is -1.73. The first-order valence-electron chi connectivity index (χ1n) is 16.2. The summed E-state index contributed by atoms with van der Waals surface area (Å²) in [5.74, 6) is 3.79. The van der Waals surface area contributed by atoms with Crippen molar-refractivity contribution in [3.63, 3.8) is 0 Å². The number of aliphatic hydroxyl groups excluding tert-OH is 1. The predicted molar refractivity (Wildman–Crippen MR) is 164 cm³/mol. The van der Waals surface area contributed by atoms with Gasteiger partial charge in [0.2, 0.25) is 0 Å². The molecule has 0 saturated heterocycles. The second-order valence-corrected chi connectivity index (χ2v) is 21.0. The molecule has 0 bridgehead atoms. The van der Waals surface area contributed by atoms with Gasteiger partial charge in [0.05, 0.1) is 12.7 Å². The predicted octanol–water partition coefficient (Wildman–Crippen LogP) is 8.86. The number of rotatable bonds is 7. The van der Waals surface area contributed by atoms with Crippen LogP contribution >= 0.6 is 0 Å². The van der Waals surface area contributed by atoms with Crippen molar-refractivity contribution >= 4 is 8.32 Å². The average molecular weight is 555 g/mol. The number of fused-ring (bicyclic) bond motifs is 5. The highest BCUT2D eigenvalue weighted by atomic mass is 28.4. The highest BCUT2D eigenvalue weighted by Gasteiger charge is 2.63. The third-order valence-electron chi connectivity index (χ3n) is 13.1. The van der Waals surface area contributed by atoms with Gasteiger partial charge < -0.3 is 14.3 Å². The van der Waals surface area contributed by atoms with E-state index in [0.717, 1.165) is 30.8 Å². The molecule has 4 aliphatic carbocycles. The van der Waals surface area contributed by atoms with Gasteiger partial charge in [-0.2, -0.15) is 0 Å². The van der Waals surface area contributed by atoms with Crippen molar-refractivity contribution in [2.75, 3.05) is 6.61 Å². The van der Waals surface area contributed by atoms with Crippen LogP contribution < -0.4 is 0 Å². The maximum absolute atomic E-state index is 11.5. The summed E-state index contributed by atoms with van der Waals surface area (Å²) in [6.45, 7) is 20.9. The molecule has 0 aliphatic heterocycles. The number of benzene rings is 1. The Morgan fingerprint density at radius 1 is 0.949 bits per heavy atom. The number of hydrogen-bond acceptors (Lipinski definition) is 3. The second-order valence-electron chi connectivity index (χ2n) is 16.3. The molecule has 220 valence electrons. The van der Waals surface area contributed by atoms with E-state index in [1.54, 1.807) is 0 Å². The molecule has 1 unspecified atom stereocenters. The second kappa shape index (κ2) is 10.9. The van der Waals surface area contributed by atoms with E-state index in [1.165, 1.54) is 50.5 Å². The zero-order valence-electron chi connectivity index (χ0n) is 26.3. The largest absolute Gasteiger partial charge is 0.414 e. The minimum atomic E-state index is -1.73. The van der Waals surface area contributed by atoms with Gasteiger partial charge in [0.1, 0.15) is 0 Å². The van der Waals surface area contributed by atoms with Crippen LogP contribution in [0, 0.1) is 46.3 Å². The monoisotopic (exact) mass is 554 g/mol. The maximum Gasteiger partial charge on any atom is 0.192 e. The SMILES string of the molecule is C[C@H](COCc1ccccc1)[C@H]1[C@H](O)C[C@H]2[C@@H]3CCC4C[C@@H](O[Si](C)(C)C(C)(C)C)CC[C@]4(C)[C@H]3CC[C@]12C. The summed E-state index contributed by atoms with van der Waals surface area (Å²) in [5, 5.41) is 11.8. The molecule has 4 heteroatoms. The van der Waals surface area contributed by atoms with E-state index in [0.29, 0.717) is 35.9 Å². The van der Waals surface area contributed by atoms with E-state index in [4.69, 9.17) is 9.16 Å². The molecule has 4 fully saturated rings. The first-order chi connectivity index (χ1) is 18.3. The Morgan fingerprint density at radius 2 is 1.64 bits per heavy atom. The van der Waals surface area contributed by atoms with Gasteiger partial charge in [-0.1, -0.05) is 71.9 Å². The molecule has 1 aromatic rings. The molecule has 3 nitrogen and oxygen atoms in total. The van der Waals surface area contributed by atoms with Crippen molar-refractivity contribution in [1.29, 1.82) is 0 Å². The molecule has 4 saturated carbocycles. The van der Waals surface area contributed by atoms with Crippen LogP contribution in [0.2, 0.25) is 18.1 Å². The Kier molecular flexibility index (Phi) is 8.30. The van der Waals surface area contributed by atoms with Crippen molar-refractivity contribution in [2.24, 2.45) is 46.3 Å². The molecule has 1 N–H and O–H groups in total. The van der Waals surface area contributed by atoms with Crippen LogP contribution in [-0.2, 0) is 15.8 Å². The third kappa shape index (κ3) is 5.46. The zero-order valence-corrected chi connectivity index (χ0v) is 27.3. The summed E-state index contributed by atoms with van der Waals surface area (Å²) in [6, 6.07) is 10.5. The molecular weight excluding hydrogens is 496 g/mol. The summed E-state index contributed by atoms with van der Waals surface area (Å²) in [6.07, 6.45) is 10.5. The lowest BCUT2D eigenvalue weighted by Gasteiger charge is -2.61. The van der Waals surface area contributed by atoms with Crippen LogP contribution in [0.5, 0.6) is 0 Å². The summed E-state index contributed by atoms with van der Waals surface area (Å²) in [4.78, 5) is 0. The van der Waals surface area contributed by atoms with E-state index in [9.17, 15) is 5.11 Å². The molecule has 1 aromatic carbocycles. The quantitative estimate of drug-likeness (QED) is 0.342. The summed E-state index contributed by atoms with van der Waals surface area (Å²) >= 11 is 0. The molecule has 0 aromatic heterocycles. The Balaban J connectivity index is 1.24. The molecule has 5 rings (SSSR count). The van der Waals surface area contributed by atoms with Crippen LogP contribution in [0.3, 0.4) is 0 Å². The van der Waals surface area contributed by atoms with E-state index < -0.39 is 8.32 Å². The molecule has 0 spiro atoms. The minimum Gasteiger partial charge on any atom is -0.414 e. The van der Waals surface area contributed by atoms with Crippen molar-refractivity contribution in [1.82, 2.24) is 0 Å². The number of ether oxygens (including phenoxy) is 1. The molecular formula is C35H58O3Si. The lowest BCUT2D eigenvalue weighted by atomic mass is 9.44. The van der Waals surface area contributed by atoms with Gasteiger partial charge >= 0.3 is 0 Å². The van der Waals surface area contributed by atoms with Gasteiger partial charge in [0.25, 0.3) is 0 Å². The first-order valence-corrected chi connectivity index (χ1v) is 19.1. The highest BCUT2D eigenvalue weighted by molar-refractivity contribution is 6.74. The Morgan fingerprint density at radius 3 is 2.33 bits per heavy atom. The topological polar surface area (TPSA) is 38.7 Å². The van der Waals surface area contributed by atoms with Crippen molar-refractivity contribution in [3.05, 3.63) is 35.9 Å². The molecule has 0 heterocycles. The number of aliphatic hydroxyl groups is 1. The van der Waals surface area contributed by atoms with E-state index in [1.807, 2.05) is 0 Å². The fourth-order valence-electron chi connectivity index (χ4n) is 10.0. The third-order valence-corrected chi connectivity index (χ3v) is 17.6. The van der Waals surface area contributed by atoms with Crippen molar-refractivity contribution in [2.45, 2.75) is 130 Å². The Bertz CT molecular complexity index is 972. The smallest absolute Gasteiger partial charge is 0.192 e. The van der Waals surface area contributed by atoms with Gasteiger partial charge in [0.15, 0.2) is 8.32 Å². The highest BCUT2D eigenvalue weighted by Crippen LogP contribution is 2.68. The lowest BCUT2D eigenvalue weighted by molar-refractivity contribution is -0.130. The molecule has 0 radical (unpaired) electrons. The zero-order chi connectivity index (χ0) is 28.2. The molecule has 10 atom stereocenters. The van der Waals surface area contributed by atoms with Crippen LogP contribution in [-0.4, -0.2) is 32.2 Å². The minimum absolute atomic E-state index is 0.187. The van der Waals surface area contributed by atoms with Gasteiger partial charge in [0, 0.05) is 12.7 Å². The van der Waals surface area contributed by atoms with Gasteiger partial charge in [-0.15, -0.1) is 0 Å².